The van der Waals surface area contributed by atoms with E-state index in [0.29, 0.717) is 6.54 Å². The molecule has 1 aromatic carbocycles. The van der Waals surface area contributed by atoms with E-state index in [0.717, 1.165) is 24.3 Å². The van der Waals surface area contributed by atoms with Crippen molar-refractivity contribution in [2.24, 2.45) is 0 Å². The van der Waals surface area contributed by atoms with E-state index in [1.807, 2.05) is 24.3 Å². The molecule has 5 heteroatoms. The first kappa shape index (κ1) is 14.5. The average molecular weight is 252 g/mol. The molecule has 0 fully saturated rings. The van der Waals surface area contributed by atoms with Gasteiger partial charge in [0.2, 0.25) is 0 Å². The van der Waals surface area contributed by atoms with Gasteiger partial charge in [-0.2, -0.15) is 0 Å². The number of carboxylic acid groups (broad SMARTS) is 1. The van der Waals surface area contributed by atoms with Crippen LogP contribution in [-0.2, 0) is 11.2 Å². The molecule has 1 aromatic rings. The number of hydrogen-bond acceptors (Lipinski definition) is 4. The van der Waals surface area contributed by atoms with Crippen LogP contribution in [0.5, 0.6) is 5.75 Å². The topological polar surface area (TPSA) is 70.6 Å². The fourth-order valence-corrected chi connectivity index (χ4v) is 1.62. The molecular formula is C13H20N2O3. The number of likely N-dealkylation sites (N-methyl/N-ethyl adjacent to an activating group) is 1. The second-order valence-corrected chi connectivity index (χ2v) is 3.99. The number of rotatable bonds is 8. The van der Waals surface area contributed by atoms with Crippen molar-refractivity contribution in [2.45, 2.75) is 12.5 Å². The third-order valence-electron chi connectivity index (χ3n) is 2.72. The van der Waals surface area contributed by atoms with Crippen LogP contribution in [0.2, 0.25) is 0 Å². The Morgan fingerprint density at radius 3 is 2.89 bits per heavy atom. The molecule has 0 spiro atoms. The van der Waals surface area contributed by atoms with Crippen molar-refractivity contribution in [2.75, 3.05) is 27.2 Å². The molecule has 1 rings (SSSR count). The number of carbonyl (C=O) groups is 1. The van der Waals surface area contributed by atoms with E-state index >= 15 is 0 Å². The molecule has 1 unspecified atom stereocenters. The van der Waals surface area contributed by atoms with Gasteiger partial charge in [0.25, 0.3) is 0 Å². The summed E-state index contributed by atoms with van der Waals surface area (Å²) >= 11 is 0. The highest BCUT2D eigenvalue weighted by Gasteiger charge is 2.13. The van der Waals surface area contributed by atoms with Crippen LogP contribution in [0.15, 0.2) is 24.3 Å². The standard InChI is InChI=1S/C13H20N2O3/c1-14-12(13(16)17)9-15-7-6-10-4-3-5-11(8-10)18-2/h3-5,8,12,14-15H,6-7,9H2,1-2H3,(H,16,17). The molecule has 0 saturated carbocycles. The van der Waals surface area contributed by atoms with Gasteiger partial charge in [0, 0.05) is 6.54 Å². The summed E-state index contributed by atoms with van der Waals surface area (Å²) in [7, 11) is 3.28. The summed E-state index contributed by atoms with van der Waals surface area (Å²) in [4.78, 5) is 10.8. The molecule has 0 aliphatic rings. The minimum atomic E-state index is -0.841. The Hall–Kier alpha value is -1.59. The first-order chi connectivity index (χ1) is 8.67. The van der Waals surface area contributed by atoms with Crippen LogP contribution >= 0.6 is 0 Å². The third-order valence-corrected chi connectivity index (χ3v) is 2.72. The van der Waals surface area contributed by atoms with Crippen LogP contribution in [0.25, 0.3) is 0 Å². The monoisotopic (exact) mass is 252 g/mol. The van der Waals surface area contributed by atoms with Crippen LogP contribution in [0.1, 0.15) is 5.56 Å². The largest absolute Gasteiger partial charge is 0.497 e. The maximum absolute atomic E-state index is 10.8. The lowest BCUT2D eigenvalue weighted by molar-refractivity contribution is -0.139. The average Bonchev–Trinajstić information content (AvgIpc) is 2.38. The maximum atomic E-state index is 10.8. The zero-order valence-electron chi connectivity index (χ0n) is 10.8. The van der Waals surface area contributed by atoms with Crippen molar-refractivity contribution < 1.29 is 14.6 Å². The first-order valence-corrected chi connectivity index (χ1v) is 5.91. The zero-order chi connectivity index (χ0) is 13.4. The van der Waals surface area contributed by atoms with Gasteiger partial charge in [-0.25, -0.2) is 0 Å². The molecule has 18 heavy (non-hydrogen) atoms. The van der Waals surface area contributed by atoms with Crippen LogP contribution in [0.3, 0.4) is 0 Å². The van der Waals surface area contributed by atoms with E-state index in [1.54, 1.807) is 14.2 Å². The van der Waals surface area contributed by atoms with Crippen molar-refractivity contribution in [3.8, 4) is 5.75 Å². The number of carboxylic acids is 1. The molecule has 0 bridgehead atoms. The van der Waals surface area contributed by atoms with E-state index in [9.17, 15) is 4.79 Å². The Morgan fingerprint density at radius 2 is 2.28 bits per heavy atom. The van der Waals surface area contributed by atoms with E-state index < -0.39 is 12.0 Å². The summed E-state index contributed by atoms with van der Waals surface area (Å²) in [6, 6.07) is 7.31. The fourth-order valence-electron chi connectivity index (χ4n) is 1.62. The summed E-state index contributed by atoms with van der Waals surface area (Å²) in [5, 5.41) is 14.7. The maximum Gasteiger partial charge on any atom is 0.322 e. The predicted molar refractivity (Wildman–Crippen MR) is 70.1 cm³/mol. The van der Waals surface area contributed by atoms with Crippen molar-refractivity contribution in [3.05, 3.63) is 29.8 Å². The molecule has 3 N–H and O–H groups in total. The third kappa shape index (κ3) is 4.73. The summed E-state index contributed by atoms with van der Waals surface area (Å²) in [5.74, 6) is -0.00230. The smallest absolute Gasteiger partial charge is 0.322 e. The zero-order valence-corrected chi connectivity index (χ0v) is 10.8. The lowest BCUT2D eigenvalue weighted by atomic mass is 10.1. The SMILES string of the molecule is CNC(CNCCc1cccc(OC)c1)C(=O)O. The predicted octanol–water partition coefficient (Wildman–Crippen LogP) is 0.500. The number of hydrogen-bond donors (Lipinski definition) is 3. The highest BCUT2D eigenvalue weighted by molar-refractivity contribution is 5.73. The van der Waals surface area contributed by atoms with Gasteiger partial charge >= 0.3 is 5.97 Å². The molecular weight excluding hydrogens is 232 g/mol. The summed E-state index contributed by atoms with van der Waals surface area (Å²) in [6.07, 6.45) is 0.841. The highest BCUT2D eigenvalue weighted by atomic mass is 16.5. The van der Waals surface area contributed by atoms with E-state index in [1.165, 1.54) is 0 Å². The minimum absolute atomic E-state index is 0.413. The second kappa shape index (κ2) is 7.68. The molecule has 5 nitrogen and oxygen atoms in total. The van der Waals surface area contributed by atoms with Gasteiger partial charge in [-0.05, 0) is 37.7 Å². The Morgan fingerprint density at radius 1 is 1.50 bits per heavy atom. The molecule has 1 atom stereocenters. The van der Waals surface area contributed by atoms with Crippen LogP contribution < -0.4 is 15.4 Å². The molecule has 0 aliphatic heterocycles. The Kier molecular flexibility index (Phi) is 6.18. The van der Waals surface area contributed by atoms with Crippen LogP contribution in [0, 0.1) is 0 Å². The number of benzene rings is 1. The number of aliphatic carboxylic acids is 1. The number of methoxy groups -OCH3 is 1. The van der Waals surface area contributed by atoms with E-state index in [2.05, 4.69) is 10.6 Å². The first-order valence-electron chi connectivity index (χ1n) is 5.91. The van der Waals surface area contributed by atoms with E-state index in [4.69, 9.17) is 9.84 Å². The van der Waals surface area contributed by atoms with Gasteiger partial charge in [-0.1, -0.05) is 12.1 Å². The Balaban J connectivity index is 2.30. The number of ether oxygens (including phenoxy) is 1. The van der Waals surface area contributed by atoms with Gasteiger partial charge in [0.1, 0.15) is 11.8 Å². The highest BCUT2D eigenvalue weighted by Crippen LogP contribution is 2.12. The van der Waals surface area contributed by atoms with Crippen molar-refractivity contribution in [3.63, 3.8) is 0 Å². The minimum Gasteiger partial charge on any atom is -0.497 e. The van der Waals surface area contributed by atoms with Crippen molar-refractivity contribution in [1.29, 1.82) is 0 Å². The van der Waals surface area contributed by atoms with Gasteiger partial charge < -0.3 is 20.5 Å². The van der Waals surface area contributed by atoms with Crippen molar-refractivity contribution >= 4 is 5.97 Å². The van der Waals surface area contributed by atoms with Gasteiger partial charge in [0.15, 0.2) is 0 Å². The molecule has 0 saturated heterocycles. The van der Waals surface area contributed by atoms with Crippen LogP contribution in [-0.4, -0.2) is 44.4 Å². The summed E-state index contributed by atoms with van der Waals surface area (Å²) < 4.78 is 5.14. The lowest BCUT2D eigenvalue weighted by Crippen LogP contribution is -2.43. The second-order valence-electron chi connectivity index (χ2n) is 3.99. The molecule has 0 radical (unpaired) electrons. The molecule has 0 aromatic heterocycles. The summed E-state index contributed by atoms with van der Waals surface area (Å²) in [6.45, 7) is 1.15. The lowest BCUT2D eigenvalue weighted by Gasteiger charge is -2.12. The quantitative estimate of drug-likeness (QED) is 0.588. The van der Waals surface area contributed by atoms with E-state index in [-0.39, 0.29) is 0 Å². The summed E-state index contributed by atoms with van der Waals surface area (Å²) in [5.41, 5.74) is 1.16. The molecule has 0 amide bonds. The normalized spacial score (nSPS) is 12.1. The molecule has 100 valence electrons. The van der Waals surface area contributed by atoms with Gasteiger partial charge in [-0.15, -0.1) is 0 Å². The van der Waals surface area contributed by atoms with Gasteiger partial charge in [-0.3, -0.25) is 4.79 Å². The molecule has 0 heterocycles. The Labute approximate surface area is 107 Å². The van der Waals surface area contributed by atoms with Crippen LogP contribution in [0.4, 0.5) is 0 Å². The fraction of sp³-hybridized carbons (Fsp3) is 0.462. The number of nitrogens with one attached hydrogen (secondary N) is 2. The Bertz CT molecular complexity index is 382. The van der Waals surface area contributed by atoms with Gasteiger partial charge in [0.05, 0.1) is 7.11 Å². The van der Waals surface area contributed by atoms with Crippen molar-refractivity contribution in [1.82, 2.24) is 10.6 Å². The molecule has 0 aliphatic carbocycles.